The molecule has 4 aromatic rings. The summed E-state index contributed by atoms with van der Waals surface area (Å²) in [6, 6.07) is 16.1. The van der Waals surface area contributed by atoms with Crippen LogP contribution in [0.4, 0.5) is 0 Å². The molecule has 0 amide bonds. The number of benzene rings is 2. The van der Waals surface area contributed by atoms with Crippen molar-refractivity contribution in [2.75, 3.05) is 26.2 Å². The van der Waals surface area contributed by atoms with E-state index in [2.05, 4.69) is 30.1 Å². The van der Waals surface area contributed by atoms with E-state index in [0.717, 1.165) is 49.6 Å². The SMILES string of the molecule is C[C@@H](c1nc2ccccc2c(=O)[nH]1)[NH+]1CC[NH+](Cc2nc3ccccc3s2)CC1. The Bertz CT molecular complexity index is 1180. The summed E-state index contributed by atoms with van der Waals surface area (Å²) in [4.78, 5) is 28.0. The first-order chi connectivity index (χ1) is 14.2. The van der Waals surface area contributed by atoms with Gasteiger partial charge in [0.2, 0.25) is 0 Å². The second kappa shape index (κ2) is 7.67. The summed E-state index contributed by atoms with van der Waals surface area (Å²) in [6.07, 6.45) is 0. The molecule has 0 radical (unpaired) electrons. The molecule has 0 aliphatic carbocycles. The van der Waals surface area contributed by atoms with Crippen molar-refractivity contribution in [3.63, 3.8) is 0 Å². The van der Waals surface area contributed by atoms with Crippen LogP contribution in [0.3, 0.4) is 0 Å². The first-order valence-electron chi connectivity index (χ1n) is 10.2. The fourth-order valence-electron chi connectivity index (χ4n) is 4.25. The molecule has 3 N–H and O–H groups in total. The van der Waals surface area contributed by atoms with E-state index in [1.54, 1.807) is 4.90 Å². The summed E-state index contributed by atoms with van der Waals surface area (Å²) in [7, 11) is 0. The molecular formula is C22H25N5OS+2. The number of hydrogen-bond donors (Lipinski definition) is 3. The fourth-order valence-corrected chi connectivity index (χ4v) is 5.29. The predicted molar refractivity (Wildman–Crippen MR) is 115 cm³/mol. The maximum atomic E-state index is 12.4. The zero-order valence-electron chi connectivity index (χ0n) is 16.4. The van der Waals surface area contributed by atoms with E-state index in [9.17, 15) is 4.79 Å². The summed E-state index contributed by atoms with van der Waals surface area (Å²) >= 11 is 1.81. The quantitative estimate of drug-likeness (QED) is 0.464. The Morgan fingerprint density at radius 1 is 1.00 bits per heavy atom. The standard InChI is InChI=1S/C22H23N5OS/c1-15(21-24-17-7-3-2-6-16(17)22(28)25-21)27-12-10-26(11-13-27)14-20-23-18-8-4-5-9-19(18)29-20/h2-9,15H,10-14H2,1H3,(H,24,25,28)/p+2/t15-/m0/s1. The molecule has 2 aromatic carbocycles. The van der Waals surface area contributed by atoms with Crippen molar-refractivity contribution in [2.24, 2.45) is 0 Å². The Balaban J connectivity index is 1.26. The van der Waals surface area contributed by atoms with E-state index < -0.39 is 0 Å². The summed E-state index contributed by atoms with van der Waals surface area (Å²) in [5.74, 6) is 0.790. The number of H-pyrrole nitrogens is 1. The zero-order valence-corrected chi connectivity index (χ0v) is 17.3. The molecule has 148 valence electrons. The lowest BCUT2D eigenvalue weighted by atomic mass is 10.2. The first kappa shape index (κ1) is 18.4. The Morgan fingerprint density at radius 3 is 2.52 bits per heavy atom. The van der Waals surface area contributed by atoms with Crippen LogP contribution < -0.4 is 15.4 Å². The number of para-hydroxylation sites is 2. The van der Waals surface area contributed by atoms with Crippen LogP contribution in [0.2, 0.25) is 0 Å². The molecule has 0 unspecified atom stereocenters. The van der Waals surface area contributed by atoms with Crippen molar-refractivity contribution >= 4 is 32.5 Å². The average molecular weight is 408 g/mol. The molecule has 2 aromatic heterocycles. The second-order valence-electron chi connectivity index (χ2n) is 7.85. The average Bonchev–Trinajstić information content (AvgIpc) is 3.16. The van der Waals surface area contributed by atoms with Gasteiger partial charge < -0.3 is 14.8 Å². The molecule has 1 aliphatic rings. The summed E-state index contributed by atoms with van der Waals surface area (Å²) in [5.41, 5.74) is 1.84. The lowest BCUT2D eigenvalue weighted by molar-refractivity contribution is -1.03. The van der Waals surface area contributed by atoms with Crippen LogP contribution in [0.25, 0.3) is 21.1 Å². The smallest absolute Gasteiger partial charge is 0.258 e. The third-order valence-electron chi connectivity index (χ3n) is 5.99. The Kier molecular flexibility index (Phi) is 4.87. The molecule has 3 heterocycles. The second-order valence-corrected chi connectivity index (χ2v) is 8.97. The van der Waals surface area contributed by atoms with Crippen LogP contribution in [-0.4, -0.2) is 41.1 Å². The van der Waals surface area contributed by atoms with Crippen molar-refractivity contribution in [1.29, 1.82) is 0 Å². The van der Waals surface area contributed by atoms with Gasteiger partial charge in [0.15, 0.2) is 5.82 Å². The van der Waals surface area contributed by atoms with Gasteiger partial charge in [-0.05, 0) is 31.2 Å². The number of aromatic nitrogens is 3. The Labute approximate surface area is 172 Å². The van der Waals surface area contributed by atoms with E-state index in [-0.39, 0.29) is 11.6 Å². The molecule has 6 nitrogen and oxygen atoms in total. The third-order valence-corrected chi connectivity index (χ3v) is 7.03. The van der Waals surface area contributed by atoms with Gasteiger partial charge in [-0.1, -0.05) is 24.3 Å². The Morgan fingerprint density at radius 2 is 1.72 bits per heavy atom. The van der Waals surface area contributed by atoms with Crippen molar-refractivity contribution in [2.45, 2.75) is 19.5 Å². The van der Waals surface area contributed by atoms with Gasteiger partial charge in [-0.15, -0.1) is 11.3 Å². The van der Waals surface area contributed by atoms with E-state index in [0.29, 0.717) is 5.39 Å². The minimum absolute atomic E-state index is 0.0445. The summed E-state index contributed by atoms with van der Waals surface area (Å²) in [5, 5.41) is 1.88. The van der Waals surface area contributed by atoms with Gasteiger partial charge in [-0.3, -0.25) is 4.79 Å². The largest absolute Gasteiger partial charge is 0.320 e. The molecule has 1 aliphatic heterocycles. The number of quaternary nitrogens is 2. The lowest BCUT2D eigenvalue weighted by Gasteiger charge is -2.32. The number of nitrogens with one attached hydrogen (secondary N) is 3. The van der Waals surface area contributed by atoms with Crippen molar-refractivity contribution in [3.05, 3.63) is 69.7 Å². The molecule has 5 rings (SSSR count). The number of rotatable bonds is 4. The maximum Gasteiger partial charge on any atom is 0.258 e. The van der Waals surface area contributed by atoms with Gasteiger partial charge in [-0.25, -0.2) is 9.97 Å². The van der Waals surface area contributed by atoms with Gasteiger partial charge in [-0.2, -0.15) is 0 Å². The molecule has 1 saturated heterocycles. The van der Waals surface area contributed by atoms with Crippen LogP contribution in [0.15, 0.2) is 53.3 Å². The minimum atomic E-state index is -0.0445. The molecule has 1 atom stereocenters. The van der Waals surface area contributed by atoms with Crippen molar-refractivity contribution in [3.8, 4) is 0 Å². The topological polar surface area (TPSA) is 67.5 Å². The number of hydrogen-bond acceptors (Lipinski definition) is 4. The highest BCUT2D eigenvalue weighted by Crippen LogP contribution is 2.20. The summed E-state index contributed by atoms with van der Waals surface area (Å²) < 4.78 is 1.27. The number of fused-ring (bicyclic) bond motifs is 2. The number of nitrogens with zero attached hydrogens (tertiary/aromatic N) is 2. The third kappa shape index (κ3) is 3.69. The molecule has 0 spiro atoms. The molecule has 29 heavy (non-hydrogen) atoms. The van der Waals surface area contributed by atoms with E-state index >= 15 is 0 Å². The van der Waals surface area contributed by atoms with Crippen LogP contribution in [-0.2, 0) is 6.54 Å². The van der Waals surface area contributed by atoms with Crippen LogP contribution in [0.1, 0.15) is 23.8 Å². The number of piperazine rings is 1. The van der Waals surface area contributed by atoms with Crippen LogP contribution in [0, 0.1) is 0 Å². The molecule has 0 bridgehead atoms. The zero-order chi connectivity index (χ0) is 19.8. The number of aromatic amines is 1. The fraction of sp³-hybridized carbons (Fsp3) is 0.318. The highest BCUT2D eigenvalue weighted by Gasteiger charge is 2.29. The highest BCUT2D eigenvalue weighted by atomic mass is 32.1. The molecule has 7 heteroatoms. The molecular weight excluding hydrogens is 382 g/mol. The monoisotopic (exact) mass is 407 g/mol. The van der Waals surface area contributed by atoms with Gasteiger partial charge >= 0.3 is 0 Å². The number of thiazole rings is 1. The Hall–Kier alpha value is -2.61. The lowest BCUT2D eigenvalue weighted by Crippen LogP contribution is -3.27. The predicted octanol–water partition coefficient (Wildman–Crippen LogP) is 0.577. The summed E-state index contributed by atoms with van der Waals surface area (Å²) in [6.45, 7) is 7.50. The first-order valence-corrected chi connectivity index (χ1v) is 11.0. The van der Waals surface area contributed by atoms with Crippen molar-refractivity contribution < 1.29 is 9.80 Å². The van der Waals surface area contributed by atoms with E-state index in [1.807, 2.05) is 41.7 Å². The highest BCUT2D eigenvalue weighted by molar-refractivity contribution is 7.18. The van der Waals surface area contributed by atoms with E-state index in [1.165, 1.54) is 14.6 Å². The molecule has 0 saturated carbocycles. The van der Waals surface area contributed by atoms with Gasteiger partial charge in [0.1, 0.15) is 43.8 Å². The van der Waals surface area contributed by atoms with Crippen molar-refractivity contribution in [1.82, 2.24) is 15.0 Å². The van der Waals surface area contributed by atoms with Crippen LogP contribution in [0.5, 0.6) is 0 Å². The molecule has 1 fully saturated rings. The minimum Gasteiger partial charge on any atom is -0.320 e. The van der Waals surface area contributed by atoms with Crippen LogP contribution >= 0.6 is 11.3 Å². The van der Waals surface area contributed by atoms with Gasteiger partial charge in [0.05, 0.1) is 21.1 Å². The van der Waals surface area contributed by atoms with Gasteiger partial charge in [0, 0.05) is 0 Å². The van der Waals surface area contributed by atoms with Gasteiger partial charge in [0.25, 0.3) is 5.56 Å². The maximum absolute atomic E-state index is 12.4. The van der Waals surface area contributed by atoms with E-state index in [4.69, 9.17) is 9.97 Å². The normalized spacial score (nSPS) is 20.9.